The van der Waals surface area contributed by atoms with E-state index in [0.29, 0.717) is 36.3 Å². The topological polar surface area (TPSA) is 75.9 Å². The van der Waals surface area contributed by atoms with Gasteiger partial charge in [-0.3, -0.25) is 19.6 Å². The summed E-state index contributed by atoms with van der Waals surface area (Å²) in [6.45, 7) is 8.15. The first-order valence-corrected chi connectivity index (χ1v) is 11.3. The Morgan fingerprint density at radius 1 is 1.18 bits per heavy atom. The number of methoxy groups -OCH3 is 1. The zero-order chi connectivity index (χ0) is 23.1. The second-order valence-electron chi connectivity index (χ2n) is 8.69. The summed E-state index contributed by atoms with van der Waals surface area (Å²) in [5.74, 6) is 3.11. The van der Waals surface area contributed by atoms with Crippen molar-refractivity contribution in [3.63, 3.8) is 0 Å². The molecular formula is C25H28N6O2. The van der Waals surface area contributed by atoms with E-state index in [1.807, 2.05) is 31.2 Å². The van der Waals surface area contributed by atoms with Gasteiger partial charge in [0.2, 0.25) is 5.96 Å². The number of hydrogen-bond acceptors (Lipinski definition) is 6. The van der Waals surface area contributed by atoms with E-state index in [-0.39, 0.29) is 11.9 Å². The summed E-state index contributed by atoms with van der Waals surface area (Å²) in [6, 6.07) is 12.2. The first kappa shape index (κ1) is 21.2. The maximum absolute atomic E-state index is 13.5. The number of anilines is 1. The highest BCUT2D eigenvalue weighted by Crippen LogP contribution is 2.37. The van der Waals surface area contributed by atoms with Crippen LogP contribution in [0.1, 0.15) is 36.8 Å². The lowest BCUT2D eigenvalue weighted by molar-refractivity contribution is 0.0841. The van der Waals surface area contributed by atoms with E-state index >= 15 is 0 Å². The van der Waals surface area contributed by atoms with Gasteiger partial charge < -0.3 is 9.30 Å². The maximum atomic E-state index is 13.5. The number of hydrogen-bond donors (Lipinski definition) is 0. The van der Waals surface area contributed by atoms with Crippen LogP contribution in [0.15, 0.2) is 53.8 Å². The maximum Gasteiger partial charge on any atom is 0.283 e. The predicted octanol–water partition coefficient (Wildman–Crippen LogP) is 3.68. The van der Waals surface area contributed by atoms with Gasteiger partial charge in [0.15, 0.2) is 5.69 Å². The van der Waals surface area contributed by atoms with E-state index < -0.39 is 0 Å². The number of aliphatic imine (C=N–C) groups is 1. The van der Waals surface area contributed by atoms with Crippen molar-refractivity contribution >= 4 is 17.7 Å². The SMILES string of the molecule is CCN1C(=O)c2nc(-c3cncc(OC)c3)n(Cc3ccccc3)c2N2C[C@@H](C(C)C)N=C12. The number of amides is 1. The predicted molar refractivity (Wildman–Crippen MR) is 128 cm³/mol. The summed E-state index contributed by atoms with van der Waals surface area (Å²) in [5, 5.41) is 0. The van der Waals surface area contributed by atoms with Crippen molar-refractivity contribution in [3.05, 3.63) is 60.0 Å². The Labute approximate surface area is 193 Å². The first-order chi connectivity index (χ1) is 16.0. The molecule has 5 rings (SSSR count). The van der Waals surface area contributed by atoms with Crippen LogP contribution >= 0.6 is 0 Å². The molecule has 0 unspecified atom stereocenters. The summed E-state index contributed by atoms with van der Waals surface area (Å²) < 4.78 is 7.51. The van der Waals surface area contributed by atoms with Crippen LogP contribution in [0.2, 0.25) is 0 Å². The number of nitrogens with zero attached hydrogens (tertiary/aromatic N) is 6. The molecule has 0 saturated carbocycles. The van der Waals surface area contributed by atoms with Crippen LogP contribution in [0.5, 0.6) is 5.75 Å². The number of carbonyl (C=O) groups excluding carboxylic acids is 1. The molecule has 0 radical (unpaired) electrons. The molecule has 8 nitrogen and oxygen atoms in total. The highest BCUT2D eigenvalue weighted by atomic mass is 16.5. The highest BCUT2D eigenvalue weighted by molar-refractivity contribution is 6.18. The fraction of sp³-hybridized carbons (Fsp3) is 0.360. The van der Waals surface area contributed by atoms with Crippen LogP contribution < -0.4 is 9.64 Å². The number of benzene rings is 1. The number of rotatable bonds is 6. The van der Waals surface area contributed by atoms with Gasteiger partial charge >= 0.3 is 0 Å². The summed E-state index contributed by atoms with van der Waals surface area (Å²) in [4.78, 5) is 31.6. The third-order valence-corrected chi connectivity index (χ3v) is 6.25. The minimum atomic E-state index is -0.115. The Hall–Kier alpha value is -3.68. The molecule has 1 atom stereocenters. The van der Waals surface area contributed by atoms with Crippen LogP contribution in [-0.4, -0.2) is 57.5 Å². The zero-order valence-corrected chi connectivity index (χ0v) is 19.4. The van der Waals surface area contributed by atoms with Crippen molar-refractivity contribution in [1.29, 1.82) is 0 Å². The second kappa shape index (κ2) is 8.35. The van der Waals surface area contributed by atoms with Crippen molar-refractivity contribution in [2.45, 2.75) is 33.4 Å². The number of aromatic nitrogens is 3. The molecule has 0 spiro atoms. The van der Waals surface area contributed by atoms with Crippen molar-refractivity contribution in [2.75, 3.05) is 25.1 Å². The summed E-state index contributed by atoms with van der Waals surface area (Å²) in [7, 11) is 1.62. The molecule has 4 heterocycles. The average Bonchev–Trinajstić information content (AvgIpc) is 3.43. The molecule has 1 aromatic carbocycles. The van der Waals surface area contributed by atoms with Gasteiger partial charge in [0.25, 0.3) is 5.91 Å². The zero-order valence-electron chi connectivity index (χ0n) is 19.4. The van der Waals surface area contributed by atoms with Crippen LogP contribution in [-0.2, 0) is 6.54 Å². The Kier molecular flexibility index (Phi) is 5.36. The minimum absolute atomic E-state index is 0.115. The van der Waals surface area contributed by atoms with Gasteiger partial charge in [-0.15, -0.1) is 0 Å². The quantitative estimate of drug-likeness (QED) is 0.580. The van der Waals surface area contributed by atoms with Crippen molar-refractivity contribution in [1.82, 2.24) is 19.4 Å². The van der Waals surface area contributed by atoms with Gasteiger partial charge in [0.1, 0.15) is 17.4 Å². The molecule has 8 heteroatoms. The van der Waals surface area contributed by atoms with Crippen molar-refractivity contribution < 1.29 is 9.53 Å². The molecule has 0 N–H and O–H groups in total. The van der Waals surface area contributed by atoms with Gasteiger partial charge in [-0.2, -0.15) is 0 Å². The van der Waals surface area contributed by atoms with Gasteiger partial charge in [0, 0.05) is 18.3 Å². The number of pyridine rings is 1. The van der Waals surface area contributed by atoms with Gasteiger partial charge in [-0.1, -0.05) is 44.2 Å². The largest absolute Gasteiger partial charge is 0.495 e. The third kappa shape index (κ3) is 3.55. The van der Waals surface area contributed by atoms with Crippen molar-refractivity contribution in [3.8, 4) is 17.1 Å². The van der Waals surface area contributed by atoms with E-state index in [2.05, 4.69) is 40.4 Å². The summed E-state index contributed by atoms with van der Waals surface area (Å²) in [5.41, 5.74) is 2.38. The smallest absolute Gasteiger partial charge is 0.283 e. The number of fused-ring (bicyclic) bond motifs is 3. The monoisotopic (exact) mass is 444 g/mol. The fourth-order valence-corrected chi connectivity index (χ4v) is 4.44. The standard InChI is InChI=1S/C25H28N6O2/c1-5-29-24(32)21-23(31-15-20(16(2)3)27-25(29)31)30(14-17-9-7-6-8-10-17)22(28-21)18-11-19(33-4)13-26-12-18/h6-13,16,20H,5,14-15H2,1-4H3/t20-/m0/s1. The number of carbonyl (C=O) groups is 1. The Bertz CT molecular complexity index is 1220. The molecule has 2 aliphatic rings. The van der Waals surface area contributed by atoms with Gasteiger partial charge in [0.05, 0.1) is 32.4 Å². The van der Waals surface area contributed by atoms with E-state index in [9.17, 15) is 4.79 Å². The van der Waals surface area contributed by atoms with Gasteiger partial charge in [-0.05, 0) is 24.5 Å². The molecule has 0 aliphatic carbocycles. The lowest BCUT2D eigenvalue weighted by Crippen LogP contribution is -2.50. The van der Waals surface area contributed by atoms with Crippen LogP contribution in [0.4, 0.5) is 5.82 Å². The normalized spacial score (nSPS) is 17.3. The van der Waals surface area contributed by atoms with E-state index in [1.54, 1.807) is 24.4 Å². The molecule has 2 aliphatic heterocycles. The number of imidazole rings is 1. The highest BCUT2D eigenvalue weighted by Gasteiger charge is 2.44. The molecule has 170 valence electrons. The average molecular weight is 445 g/mol. The first-order valence-electron chi connectivity index (χ1n) is 11.3. The summed E-state index contributed by atoms with van der Waals surface area (Å²) >= 11 is 0. The van der Waals surface area contributed by atoms with E-state index in [1.165, 1.54) is 0 Å². The number of ether oxygens (including phenoxy) is 1. The lowest BCUT2D eigenvalue weighted by Gasteiger charge is -2.33. The van der Waals surface area contributed by atoms with Crippen LogP contribution in [0.25, 0.3) is 11.4 Å². The fourth-order valence-electron chi connectivity index (χ4n) is 4.44. The van der Waals surface area contributed by atoms with Crippen LogP contribution in [0.3, 0.4) is 0 Å². The Morgan fingerprint density at radius 3 is 2.67 bits per heavy atom. The third-order valence-electron chi connectivity index (χ3n) is 6.25. The van der Waals surface area contributed by atoms with Gasteiger partial charge in [-0.25, -0.2) is 9.98 Å². The molecule has 0 bridgehead atoms. The Balaban J connectivity index is 1.72. The summed E-state index contributed by atoms with van der Waals surface area (Å²) in [6.07, 6.45) is 3.42. The molecule has 0 saturated heterocycles. The second-order valence-corrected chi connectivity index (χ2v) is 8.69. The molecule has 3 aromatic rings. The molecule has 33 heavy (non-hydrogen) atoms. The Morgan fingerprint density at radius 2 is 1.97 bits per heavy atom. The molecular weight excluding hydrogens is 416 g/mol. The lowest BCUT2D eigenvalue weighted by atomic mass is 10.1. The molecule has 1 amide bonds. The van der Waals surface area contributed by atoms with E-state index in [4.69, 9.17) is 14.7 Å². The number of guanidine groups is 1. The van der Waals surface area contributed by atoms with Crippen LogP contribution in [0, 0.1) is 5.92 Å². The van der Waals surface area contributed by atoms with Crippen molar-refractivity contribution in [2.24, 2.45) is 10.9 Å². The molecule has 2 aromatic heterocycles. The van der Waals surface area contributed by atoms with E-state index in [0.717, 1.165) is 29.4 Å². The molecule has 0 fully saturated rings. The minimum Gasteiger partial charge on any atom is -0.495 e.